The van der Waals surface area contributed by atoms with Gasteiger partial charge in [-0.2, -0.15) is 0 Å². The van der Waals surface area contributed by atoms with E-state index in [9.17, 15) is 0 Å². The van der Waals surface area contributed by atoms with Crippen LogP contribution in [0.5, 0.6) is 40.2 Å². The molecule has 0 atom stereocenters. The summed E-state index contributed by atoms with van der Waals surface area (Å²) in [5, 5.41) is 2.00. The van der Waals surface area contributed by atoms with E-state index in [1.54, 1.807) is 49.8 Å². The first-order valence-corrected chi connectivity index (χ1v) is 12.2. The molecule has 0 saturated heterocycles. The first-order valence-electron chi connectivity index (χ1n) is 12.2. The Morgan fingerprint density at radius 2 is 1.05 bits per heavy atom. The molecule has 39 heavy (non-hydrogen) atoms. The average Bonchev–Trinajstić information content (AvgIpc) is 3.38. The highest BCUT2D eigenvalue weighted by Crippen LogP contribution is 2.48. The topological polar surface area (TPSA) is 69.0 Å². The van der Waals surface area contributed by atoms with Gasteiger partial charge in [-0.15, -0.1) is 0 Å². The van der Waals surface area contributed by atoms with Gasteiger partial charge < -0.3 is 37.6 Å². The first-order chi connectivity index (χ1) is 19.0. The maximum atomic E-state index is 5.84. The molecule has 8 nitrogen and oxygen atoms in total. The fourth-order valence-electron chi connectivity index (χ4n) is 5.04. The van der Waals surface area contributed by atoms with Gasteiger partial charge in [0.05, 0.1) is 55.3 Å². The molecule has 5 aromatic rings. The van der Waals surface area contributed by atoms with E-state index in [0.29, 0.717) is 40.2 Å². The molecule has 0 spiro atoms. The molecule has 0 amide bonds. The van der Waals surface area contributed by atoms with E-state index >= 15 is 0 Å². The molecule has 8 heteroatoms. The van der Waals surface area contributed by atoms with Crippen LogP contribution in [0, 0.1) is 0 Å². The molecule has 0 bridgehead atoms. The monoisotopic (exact) mass is 529 g/mol. The van der Waals surface area contributed by atoms with E-state index < -0.39 is 0 Å². The summed E-state index contributed by atoms with van der Waals surface area (Å²) in [4.78, 5) is 0. The predicted molar refractivity (Wildman–Crippen MR) is 152 cm³/mol. The van der Waals surface area contributed by atoms with Gasteiger partial charge >= 0.3 is 0 Å². The first kappa shape index (κ1) is 25.9. The van der Waals surface area contributed by atoms with Crippen molar-refractivity contribution in [1.29, 1.82) is 0 Å². The Labute approximate surface area is 227 Å². The van der Waals surface area contributed by atoms with Crippen molar-refractivity contribution in [3.8, 4) is 62.5 Å². The Hall–Kier alpha value is -4.72. The molecule has 0 unspecified atom stereocenters. The van der Waals surface area contributed by atoms with E-state index in [-0.39, 0.29) is 0 Å². The second kappa shape index (κ2) is 10.6. The standard InChI is InChI=1S/C31H31NO7/c1-33-23-9-8-19(13-25(23)35-3)30-22(21-15-28(38-6)29(39-7)16-24(21)34-2)17-32-11-10-18-12-26(36-4)27(37-5)14-20(18)31(30)32/h8-17H,1-7H3. The zero-order valence-corrected chi connectivity index (χ0v) is 23.1. The molecule has 0 saturated carbocycles. The van der Waals surface area contributed by atoms with Crippen LogP contribution in [0.25, 0.3) is 38.5 Å². The molecule has 2 aromatic heterocycles. The number of benzene rings is 3. The highest BCUT2D eigenvalue weighted by molar-refractivity contribution is 6.09. The third-order valence-corrected chi connectivity index (χ3v) is 6.93. The lowest BCUT2D eigenvalue weighted by molar-refractivity contribution is 0.349. The number of fused-ring (bicyclic) bond motifs is 3. The number of hydrogen-bond acceptors (Lipinski definition) is 7. The number of nitrogens with zero attached hydrogens (tertiary/aromatic N) is 1. The van der Waals surface area contributed by atoms with Crippen molar-refractivity contribution in [2.24, 2.45) is 0 Å². The molecule has 2 heterocycles. The maximum Gasteiger partial charge on any atom is 0.164 e. The van der Waals surface area contributed by atoms with E-state index in [2.05, 4.69) is 16.7 Å². The molecule has 0 fully saturated rings. The van der Waals surface area contributed by atoms with Crippen molar-refractivity contribution in [2.75, 3.05) is 49.8 Å². The zero-order valence-electron chi connectivity index (χ0n) is 23.1. The summed E-state index contributed by atoms with van der Waals surface area (Å²) < 4.78 is 41.6. The van der Waals surface area contributed by atoms with Gasteiger partial charge in [0.2, 0.25) is 0 Å². The van der Waals surface area contributed by atoms with Crippen LogP contribution >= 0.6 is 0 Å². The smallest absolute Gasteiger partial charge is 0.164 e. The molecule has 0 N–H and O–H groups in total. The number of rotatable bonds is 9. The number of pyridine rings is 1. The fraction of sp³-hybridized carbons (Fsp3) is 0.226. The Kier molecular flexibility index (Phi) is 7.02. The zero-order chi connectivity index (χ0) is 27.7. The third kappa shape index (κ3) is 4.27. The third-order valence-electron chi connectivity index (χ3n) is 6.93. The van der Waals surface area contributed by atoms with Crippen molar-refractivity contribution < 1.29 is 33.2 Å². The minimum absolute atomic E-state index is 0.580. The molecule has 5 rings (SSSR count). The van der Waals surface area contributed by atoms with E-state index in [0.717, 1.165) is 38.5 Å². The largest absolute Gasteiger partial charge is 0.496 e. The van der Waals surface area contributed by atoms with Crippen LogP contribution in [0.3, 0.4) is 0 Å². The molecule has 0 aliphatic rings. The predicted octanol–water partition coefficient (Wildman–Crippen LogP) is 6.49. The van der Waals surface area contributed by atoms with Crippen LogP contribution in [0.15, 0.2) is 60.9 Å². The van der Waals surface area contributed by atoms with Gasteiger partial charge in [-0.3, -0.25) is 0 Å². The Balaban J connectivity index is 1.94. The van der Waals surface area contributed by atoms with Crippen LogP contribution in [0.4, 0.5) is 0 Å². The van der Waals surface area contributed by atoms with Crippen molar-refractivity contribution in [3.05, 3.63) is 60.9 Å². The Bertz CT molecular complexity index is 1670. The summed E-state index contributed by atoms with van der Waals surface area (Å²) in [6, 6.07) is 15.7. The summed E-state index contributed by atoms with van der Waals surface area (Å²) in [6.07, 6.45) is 4.12. The van der Waals surface area contributed by atoms with Crippen LogP contribution in [0.1, 0.15) is 0 Å². The van der Waals surface area contributed by atoms with Crippen molar-refractivity contribution in [2.45, 2.75) is 0 Å². The molecule has 0 aliphatic carbocycles. The second-order valence-electron chi connectivity index (χ2n) is 8.76. The van der Waals surface area contributed by atoms with Crippen LogP contribution < -0.4 is 33.2 Å². The molecular formula is C31H31NO7. The van der Waals surface area contributed by atoms with Gasteiger partial charge in [0.1, 0.15) is 5.75 Å². The quantitative estimate of drug-likeness (QED) is 0.216. The minimum atomic E-state index is 0.580. The highest BCUT2D eigenvalue weighted by atomic mass is 16.5. The summed E-state index contributed by atoms with van der Waals surface area (Å²) in [5.74, 6) is 4.40. The van der Waals surface area contributed by atoms with Crippen LogP contribution in [-0.2, 0) is 0 Å². The lowest BCUT2D eigenvalue weighted by atomic mass is 9.94. The minimum Gasteiger partial charge on any atom is -0.496 e. The van der Waals surface area contributed by atoms with Gasteiger partial charge in [0.15, 0.2) is 34.5 Å². The van der Waals surface area contributed by atoms with Crippen LogP contribution in [0.2, 0.25) is 0 Å². The molecule has 0 aliphatic heterocycles. The molecular weight excluding hydrogens is 498 g/mol. The lowest BCUT2D eigenvalue weighted by Gasteiger charge is -2.16. The van der Waals surface area contributed by atoms with E-state index in [1.807, 2.05) is 48.7 Å². The van der Waals surface area contributed by atoms with E-state index in [4.69, 9.17) is 33.2 Å². The van der Waals surface area contributed by atoms with E-state index in [1.165, 1.54) is 0 Å². The summed E-state index contributed by atoms with van der Waals surface area (Å²) in [6.45, 7) is 0. The molecule has 0 radical (unpaired) electrons. The number of hydrogen-bond donors (Lipinski definition) is 0. The number of aromatic nitrogens is 1. The van der Waals surface area contributed by atoms with Crippen LogP contribution in [-0.4, -0.2) is 54.2 Å². The normalized spacial score (nSPS) is 10.9. The van der Waals surface area contributed by atoms with Gasteiger partial charge in [-0.1, -0.05) is 6.07 Å². The van der Waals surface area contributed by atoms with Gasteiger partial charge in [0.25, 0.3) is 0 Å². The van der Waals surface area contributed by atoms with Crippen molar-refractivity contribution >= 4 is 16.3 Å². The van der Waals surface area contributed by atoms with Crippen molar-refractivity contribution in [3.63, 3.8) is 0 Å². The number of methoxy groups -OCH3 is 7. The fourth-order valence-corrected chi connectivity index (χ4v) is 5.04. The SMILES string of the molecule is COc1ccc(-c2c(-c3cc(OC)c(OC)cc3OC)cn3ccc4cc(OC)c(OC)cc4c23)cc1OC. The molecule has 3 aromatic carbocycles. The van der Waals surface area contributed by atoms with Gasteiger partial charge in [-0.05, 0) is 47.3 Å². The van der Waals surface area contributed by atoms with Gasteiger partial charge in [-0.25, -0.2) is 0 Å². The average molecular weight is 530 g/mol. The summed E-state index contributed by atoms with van der Waals surface area (Å²) in [5.41, 5.74) is 4.66. The Morgan fingerprint density at radius 3 is 1.69 bits per heavy atom. The second-order valence-corrected chi connectivity index (χ2v) is 8.76. The summed E-state index contributed by atoms with van der Waals surface area (Å²) >= 11 is 0. The maximum absolute atomic E-state index is 5.84. The molecule has 202 valence electrons. The number of ether oxygens (including phenoxy) is 7. The Morgan fingerprint density at radius 1 is 0.487 bits per heavy atom. The lowest BCUT2D eigenvalue weighted by Crippen LogP contribution is -1.95. The highest BCUT2D eigenvalue weighted by Gasteiger charge is 2.23. The summed E-state index contributed by atoms with van der Waals surface area (Å²) in [7, 11) is 11.4. The van der Waals surface area contributed by atoms with Crippen molar-refractivity contribution in [1.82, 2.24) is 4.40 Å². The van der Waals surface area contributed by atoms with Gasteiger partial charge in [0, 0.05) is 40.5 Å².